The molecule has 15 heavy (non-hydrogen) atoms. The van der Waals surface area contributed by atoms with Gasteiger partial charge in [-0.1, -0.05) is 11.8 Å². The smallest absolute Gasteiger partial charge is 0.379 e. The van der Waals surface area contributed by atoms with Crippen molar-refractivity contribution in [2.45, 2.75) is 6.42 Å². The maximum Gasteiger partial charge on any atom is 0.379 e. The van der Waals surface area contributed by atoms with E-state index in [2.05, 4.69) is 16.8 Å². The number of carboxylic acids is 1. The Labute approximate surface area is 84.7 Å². The van der Waals surface area contributed by atoms with Gasteiger partial charge in [0.1, 0.15) is 18.2 Å². The Morgan fingerprint density at radius 3 is 3.00 bits per heavy atom. The zero-order valence-corrected chi connectivity index (χ0v) is 7.51. The van der Waals surface area contributed by atoms with Gasteiger partial charge in [-0.2, -0.15) is 0 Å². The van der Waals surface area contributed by atoms with Crippen molar-refractivity contribution in [3.63, 3.8) is 0 Å². The van der Waals surface area contributed by atoms with Gasteiger partial charge in [-0.25, -0.2) is 0 Å². The van der Waals surface area contributed by atoms with Crippen molar-refractivity contribution in [2.75, 3.05) is 0 Å². The summed E-state index contributed by atoms with van der Waals surface area (Å²) < 4.78 is 0. The van der Waals surface area contributed by atoms with E-state index in [4.69, 9.17) is 5.11 Å². The van der Waals surface area contributed by atoms with E-state index in [0.29, 0.717) is 0 Å². The molecule has 1 N–H and O–H groups in total. The molecule has 1 aromatic rings. The number of hydrogen-bond donors (Lipinski definition) is 1. The van der Waals surface area contributed by atoms with Crippen LogP contribution in [0.5, 0.6) is 0 Å². The third-order valence-corrected chi connectivity index (χ3v) is 1.42. The van der Waals surface area contributed by atoms with Crippen LogP contribution in [0, 0.1) is 22.0 Å². The fraction of sp³-hybridized carbons (Fsp3) is 0.111. The maximum atomic E-state index is 10.5. The first-order valence-electron chi connectivity index (χ1n) is 3.91. The van der Waals surface area contributed by atoms with Gasteiger partial charge in [0.15, 0.2) is 0 Å². The van der Waals surface area contributed by atoms with Gasteiger partial charge in [0.2, 0.25) is 0 Å². The Kier molecular flexibility index (Phi) is 3.35. The van der Waals surface area contributed by atoms with Crippen LogP contribution in [0.25, 0.3) is 0 Å². The number of carboxylic acid groups (broad SMARTS) is 1. The van der Waals surface area contributed by atoms with Crippen LogP contribution in [0.4, 0.5) is 5.82 Å². The van der Waals surface area contributed by atoms with Gasteiger partial charge in [-0.3, -0.25) is 4.79 Å². The van der Waals surface area contributed by atoms with E-state index in [-0.39, 0.29) is 17.8 Å². The van der Waals surface area contributed by atoms with Crippen molar-refractivity contribution in [3.05, 3.63) is 34.0 Å². The Bertz CT molecular complexity index is 459. The van der Waals surface area contributed by atoms with E-state index in [1.54, 1.807) is 0 Å². The van der Waals surface area contributed by atoms with Gasteiger partial charge in [0.05, 0.1) is 0 Å². The van der Waals surface area contributed by atoms with Crippen LogP contribution in [-0.4, -0.2) is 21.0 Å². The SMILES string of the molecule is O=C(O)CC#Cc1cccnc1[N+](=O)[O-]. The molecule has 76 valence electrons. The molecule has 0 unspecified atom stereocenters. The number of pyridine rings is 1. The molecule has 0 saturated carbocycles. The van der Waals surface area contributed by atoms with Gasteiger partial charge in [0.25, 0.3) is 0 Å². The molecule has 1 rings (SSSR count). The number of carbonyl (C=O) groups is 1. The second-order valence-electron chi connectivity index (χ2n) is 2.50. The average Bonchev–Trinajstić information content (AvgIpc) is 2.17. The third kappa shape index (κ3) is 3.08. The predicted molar refractivity (Wildman–Crippen MR) is 50.0 cm³/mol. The normalized spacial score (nSPS) is 8.80. The average molecular weight is 206 g/mol. The third-order valence-electron chi connectivity index (χ3n) is 1.42. The first-order valence-corrected chi connectivity index (χ1v) is 3.91. The first-order chi connectivity index (χ1) is 7.11. The summed E-state index contributed by atoms with van der Waals surface area (Å²) in [6.45, 7) is 0. The molecule has 6 nitrogen and oxygen atoms in total. The van der Waals surface area contributed by atoms with Crippen LogP contribution in [-0.2, 0) is 4.79 Å². The molecule has 0 fully saturated rings. The minimum absolute atomic E-state index is 0.115. The highest BCUT2D eigenvalue weighted by molar-refractivity contribution is 5.70. The number of hydrogen-bond acceptors (Lipinski definition) is 4. The zero-order valence-electron chi connectivity index (χ0n) is 7.51. The summed E-state index contributed by atoms with van der Waals surface area (Å²) in [6, 6.07) is 2.91. The van der Waals surface area contributed by atoms with Gasteiger partial charge in [-0.15, -0.1) is 0 Å². The standard InChI is InChI=1S/C9H6N2O4/c12-8(13)5-1-3-7-4-2-6-10-9(7)11(14)15/h2,4,6H,5H2,(H,12,13). The fourth-order valence-corrected chi connectivity index (χ4v) is 0.855. The minimum Gasteiger partial charge on any atom is -0.481 e. The number of aliphatic carboxylic acids is 1. The van der Waals surface area contributed by atoms with Crippen LogP contribution < -0.4 is 0 Å². The van der Waals surface area contributed by atoms with Crippen LogP contribution in [0.15, 0.2) is 18.3 Å². The highest BCUT2D eigenvalue weighted by Crippen LogP contribution is 2.11. The topological polar surface area (TPSA) is 93.3 Å². The van der Waals surface area contributed by atoms with Crippen molar-refractivity contribution in [1.82, 2.24) is 4.98 Å². The molecule has 0 radical (unpaired) electrons. The summed E-state index contributed by atoms with van der Waals surface area (Å²) in [6.07, 6.45) is 0.923. The molecule has 0 atom stereocenters. The number of nitro groups is 1. The molecule has 0 aliphatic carbocycles. The number of nitrogens with zero attached hydrogens (tertiary/aromatic N) is 2. The lowest BCUT2D eigenvalue weighted by molar-refractivity contribution is -0.389. The Balaban J connectivity index is 2.97. The van der Waals surface area contributed by atoms with E-state index in [9.17, 15) is 14.9 Å². The van der Waals surface area contributed by atoms with Crippen LogP contribution in [0.3, 0.4) is 0 Å². The molecule has 0 aromatic carbocycles. The monoisotopic (exact) mass is 206 g/mol. The number of rotatable bonds is 2. The van der Waals surface area contributed by atoms with Crippen molar-refractivity contribution >= 4 is 11.8 Å². The van der Waals surface area contributed by atoms with Crippen LogP contribution in [0.2, 0.25) is 0 Å². The molecule has 6 heteroatoms. The lowest BCUT2D eigenvalue weighted by atomic mass is 10.2. The Morgan fingerprint density at radius 1 is 1.67 bits per heavy atom. The summed E-state index contributed by atoms with van der Waals surface area (Å²) >= 11 is 0. The van der Waals surface area contributed by atoms with Gasteiger partial charge in [-0.05, 0) is 22.0 Å². The second-order valence-corrected chi connectivity index (χ2v) is 2.50. The van der Waals surface area contributed by atoms with Gasteiger partial charge in [0, 0.05) is 0 Å². The molecule has 0 aliphatic rings. The van der Waals surface area contributed by atoms with E-state index in [1.165, 1.54) is 18.3 Å². The molecule has 0 amide bonds. The summed E-state index contributed by atoms with van der Waals surface area (Å²) in [5.41, 5.74) is 0.115. The molecule has 0 spiro atoms. The van der Waals surface area contributed by atoms with Crippen LogP contribution in [0.1, 0.15) is 12.0 Å². The van der Waals surface area contributed by atoms with E-state index in [0.717, 1.165) is 0 Å². The van der Waals surface area contributed by atoms with Crippen LogP contribution >= 0.6 is 0 Å². The van der Waals surface area contributed by atoms with Gasteiger partial charge < -0.3 is 15.2 Å². The molecular formula is C9H6N2O4. The largest absolute Gasteiger partial charge is 0.481 e. The van der Waals surface area contributed by atoms with E-state index < -0.39 is 10.9 Å². The van der Waals surface area contributed by atoms with E-state index >= 15 is 0 Å². The van der Waals surface area contributed by atoms with Crippen molar-refractivity contribution in [3.8, 4) is 11.8 Å². The summed E-state index contributed by atoms with van der Waals surface area (Å²) in [5, 5.41) is 18.8. The number of aromatic nitrogens is 1. The zero-order chi connectivity index (χ0) is 11.3. The molecule has 0 aliphatic heterocycles. The fourth-order valence-electron chi connectivity index (χ4n) is 0.855. The predicted octanol–water partition coefficient (Wildman–Crippen LogP) is 0.816. The quantitative estimate of drug-likeness (QED) is 0.439. The lowest BCUT2D eigenvalue weighted by Crippen LogP contribution is -1.95. The molecule has 1 aromatic heterocycles. The molecule has 0 saturated heterocycles. The molecule has 0 bridgehead atoms. The van der Waals surface area contributed by atoms with Crippen molar-refractivity contribution in [1.29, 1.82) is 0 Å². The second kappa shape index (κ2) is 4.72. The summed E-state index contributed by atoms with van der Waals surface area (Å²) in [7, 11) is 0. The van der Waals surface area contributed by atoms with Gasteiger partial charge >= 0.3 is 11.8 Å². The highest BCUT2D eigenvalue weighted by Gasteiger charge is 2.11. The molecule has 1 heterocycles. The summed E-state index contributed by atoms with van der Waals surface area (Å²) in [4.78, 5) is 23.5. The molecular weight excluding hydrogens is 200 g/mol. The first kappa shape index (κ1) is 10.7. The van der Waals surface area contributed by atoms with Crippen molar-refractivity contribution < 1.29 is 14.8 Å². The summed E-state index contributed by atoms with van der Waals surface area (Å²) in [5.74, 6) is 3.25. The highest BCUT2D eigenvalue weighted by atomic mass is 16.6. The Hall–Kier alpha value is -2.42. The minimum atomic E-state index is -1.07. The van der Waals surface area contributed by atoms with Crippen molar-refractivity contribution in [2.24, 2.45) is 0 Å². The lowest BCUT2D eigenvalue weighted by Gasteiger charge is -1.93. The Morgan fingerprint density at radius 2 is 2.40 bits per heavy atom. The van der Waals surface area contributed by atoms with E-state index in [1.807, 2.05) is 0 Å². The maximum absolute atomic E-state index is 10.5.